The van der Waals surface area contributed by atoms with Crippen LogP contribution in [0.5, 0.6) is 0 Å². The molecular formula is C20H20BrN3OS. The van der Waals surface area contributed by atoms with Gasteiger partial charge in [-0.25, -0.2) is 4.98 Å². The highest BCUT2D eigenvalue weighted by Gasteiger charge is 2.16. The van der Waals surface area contributed by atoms with Crippen LogP contribution < -0.4 is 11.1 Å². The Kier molecular flexibility index (Phi) is 6.06. The van der Waals surface area contributed by atoms with Gasteiger partial charge in [-0.15, -0.1) is 11.3 Å². The summed E-state index contributed by atoms with van der Waals surface area (Å²) in [5.74, 6) is -0.435. The van der Waals surface area contributed by atoms with Gasteiger partial charge < -0.3 is 11.1 Å². The molecule has 3 N–H and O–H groups in total. The van der Waals surface area contributed by atoms with Gasteiger partial charge in [0.1, 0.15) is 5.01 Å². The first-order chi connectivity index (χ1) is 12.6. The van der Waals surface area contributed by atoms with Gasteiger partial charge in [0.25, 0.3) is 0 Å². The maximum absolute atomic E-state index is 12.0. The fourth-order valence-electron chi connectivity index (χ4n) is 2.78. The number of nitrogens with zero attached hydrogens (tertiary/aromatic N) is 1. The number of benzene rings is 2. The van der Waals surface area contributed by atoms with Crippen molar-refractivity contribution in [3.63, 3.8) is 0 Å². The van der Waals surface area contributed by atoms with Crippen molar-refractivity contribution in [2.45, 2.75) is 19.8 Å². The van der Waals surface area contributed by atoms with E-state index in [1.165, 1.54) is 0 Å². The molecule has 0 saturated carbocycles. The second-order valence-corrected chi connectivity index (χ2v) is 8.33. The third-order valence-electron chi connectivity index (χ3n) is 4.07. The molecule has 0 unspecified atom stereocenters. The van der Waals surface area contributed by atoms with Gasteiger partial charge in [0.05, 0.1) is 9.98 Å². The maximum atomic E-state index is 12.0. The smallest absolute Gasteiger partial charge is 0.249 e. The molecule has 0 fully saturated rings. The van der Waals surface area contributed by atoms with Crippen molar-refractivity contribution in [2.75, 3.05) is 11.9 Å². The molecule has 134 valence electrons. The molecule has 2 aromatic carbocycles. The van der Waals surface area contributed by atoms with E-state index in [0.717, 1.165) is 50.6 Å². The molecule has 0 aliphatic heterocycles. The van der Waals surface area contributed by atoms with Crippen LogP contribution in [0.2, 0.25) is 0 Å². The number of thiazole rings is 1. The molecule has 26 heavy (non-hydrogen) atoms. The number of halogens is 1. The summed E-state index contributed by atoms with van der Waals surface area (Å²) in [5.41, 5.74) is 9.87. The average Bonchev–Trinajstić information content (AvgIpc) is 3.08. The van der Waals surface area contributed by atoms with Crippen LogP contribution in [0.3, 0.4) is 0 Å². The minimum Gasteiger partial charge on any atom is -0.385 e. The summed E-state index contributed by atoms with van der Waals surface area (Å²) < 4.78 is 0.965. The average molecular weight is 430 g/mol. The number of aromatic nitrogens is 1. The van der Waals surface area contributed by atoms with Gasteiger partial charge in [0.15, 0.2) is 0 Å². The molecule has 0 aliphatic carbocycles. The van der Waals surface area contributed by atoms with Gasteiger partial charge in [-0.3, -0.25) is 4.79 Å². The topological polar surface area (TPSA) is 68.0 Å². The van der Waals surface area contributed by atoms with E-state index in [4.69, 9.17) is 5.73 Å². The second-order valence-electron chi connectivity index (χ2n) is 5.92. The fraction of sp³-hybridized carbons (Fsp3) is 0.200. The lowest BCUT2D eigenvalue weighted by molar-refractivity contribution is 0.100. The van der Waals surface area contributed by atoms with Crippen molar-refractivity contribution in [2.24, 2.45) is 5.73 Å². The Balaban J connectivity index is 2.10. The second kappa shape index (κ2) is 8.47. The number of nitrogens with two attached hydrogens (primary N) is 1. The third kappa shape index (κ3) is 4.14. The minimum absolute atomic E-state index is 0.435. The van der Waals surface area contributed by atoms with Gasteiger partial charge in [-0.1, -0.05) is 37.6 Å². The number of hydrogen-bond donors (Lipinski definition) is 2. The van der Waals surface area contributed by atoms with Crippen molar-refractivity contribution < 1.29 is 4.79 Å². The lowest BCUT2D eigenvalue weighted by atomic mass is 9.94. The molecule has 0 saturated heterocycles. The van der Waals surface area contributed by atoms with Crippen LogP contribution in [0.4, 0.5) is 5.69 Å². The summed E-state index contributed by atoms with van der Waals surface area (Å²) in [6, 6.07) is 13.6. The van der Waals surface area contributed by atoms with E-state index in [9.17, 15) is 4.79 Å². The summed E-state index contributed by atoms with van der Waals surface area (Å²) in [6.07, 6.45) is 4.01. The Morgan fingerprint density at radius 3 is 2.62 bits per heavy atom. The standard InChI is InChI=1S/C20H20BrN3OS/c1-2-3-10-23-13-8-9-15(19(22)25)17(11-13)14-6-4-5-7-16(14)20-24-12-18(21)26-20/h4-9,11-12,23H,2-3,10H2,1H3,(H2,22,25). The minimum atomic E-state index is -0.435. The van der Waals surface area contributed by atoms with Crippen LogP contribution in [-0.4, -0.2) is 17.4 Å². The summed E-state index contributed by atoms with van der Waals surface area (Å²) in [6.45, 7) is 3.05. The predicted molar refractivity (Wildman–Crippen MR) is 113 cm³/mol. The number of unbranched alkanes of at least 4 members (excludes halogenated alkanes) is 1. The molecule has 1 amide bonds. The van der Waals surface area contributed by atoms with Crippen LogP contribution >= 0.6 is 27.3 Å². The Bertz CT molecular complexity index is 923. The summed E-state index contributed by atoms with van der Waals surface area (Å²) in [7, 11) is 0. The van der Waals surface area contributed by atoms with Crippen LogP contribution in [-0.2, 0) is 0 Å². The third-order valence-corrected chi connectivity index (χ3v) is 5.58. The Labute approximate surface area is 165 Å². The van der Waals surface area contributed by atoms with Gasteiger partial charge in [0.2, 0.25) is 5.91 Å². The van der Waals surface area contributed by atoms with Crippen molar-refractivity contribution in [1.82, 2.24) is 4.98 Å². The molecule has 0 atom stereocenters. The molecule has 0 aliphatic rings. The molecule has 6 heteroatoms. The number of rotatable bonds is 7. The summed E-state index contributed by atoms with van der Waals surface area (Å²) in [5, 5.41) is 4.31. The quantitative estimate of drug-likeness (QED) is 0.483. The van der Waals surface area contributed by atoms with Crippen LogP contribution in [0.1, 0.15) is 30.1 Å². The molecule has 1 aromatic heterocycles. The molecule has 0 radical (unpaired) electrons. The summed E-state index contributed by atoms with van der Waals surface area (Å²) >= 11 is 5.03. The number of primary amides is 1. The van der Waals surface area contributed by atoms with Gasteiger partial charge in [0, 0.05) is 23.4 Å². The highest BCUT2D eigenvalue weighted by molar-refractivity contribution is 9.11. The highest BCUT2D eigenvalue weighted by Crippen LogP contribution is 2.37. The lowest BCUT2D eigenvalue weighted by Gasteiger charge is -2.14. The van der Waals surface area contributed by atoms with E-state index in [1.807, 2.05) is 36.4 Å². The number of hydrogen-bond acceptors (Lipinski definition) is 4. The fourth-order valence-corrected chi connectivity index (χ4v) is 4.03. The highest BCUT2D eigenvalue weighted by atomic mass is 79.9. The zero-order chi connectivity index (χ0) is 18.5. The number of anilines is 1. The molecule has 0 spiro atoms. The molecular weight excluding hydrogens is 410 g/mol. The number of amides is 1. The van der Waals surface area contributed by atoms with Crippen molar-refractivity contribution in [3.05, 3.63) is 58.0 Å². The van der Waals surface area contributed by atoms with E-state index >= 15 is 0 Å². The van der Waals surface area contributed by atoms with E-state index < -0.39 is 5.91 Å². The van der Waals surface area contributed by atoms with Crippen LogP contribution in [0, 0.1) is 0 Å². The van der Waals surface area contributed by atoms with Gasteiger partial charge >= 0.3 is 0 Å². The normalized spacial score (nSPS) is 10.7. The first-order valence-corrected chi connectivity index (χ1v) is 10.1. The molecule has 4 nitrogen and oxygen atoms in total. The van der Waals surface area contributed by atoms with E-state index in [0.29, 0.717) is 5.56 Å². The first kappa shape index (κ1) is 18.6. The van der Waals surface area contributed by atoms with Crippen LogP contribution in [0.25, 0.3) is 21.7 Å². The predicted octanol–water partition coefficient (Wildman–Crippen LogP) is 5.55. The molecule has 0 bridgehead atoms. The van der Waals surface area contributed by atoms with Gasteiger partial charge in [-0.05, 0) is 51.7 Å². The number of nitrogens with one attached hydrogen (secondary N) is 1. The number of carbonyl (C=O) groups is 1. The van der Waals surface area contributed by atoms with E-state index in [2.05, 4.69) is 33.2 Å². The maximum Gasteiger partial charge on any atom is 0.249 e. The Morgan fingerprint density at radius 2 is 1.96 bits per heavy atom. The lowest BCUT2D eigenvalue weighted by Crippen LogP contribution is -2.13. The Hall–Kier alpha value is -2.18. The zero-order valence-electron chi connectivity index (χ0n) is 14.5. The first-order valence-electron chi connectivity index (χ1n) is 8.49. The van der Waals surface area contributed by atoms with E-state index in [-0.39, 0.29) is 0 Å². The SMILES string of the molecule is CCCCNc1ccc(C(N)=O)c(-c2ccccc2-c2ncc(Br)s2)c1. The van der Waals surface area contributed by atoms with Crippen molar-refractivity contribution in [1.29, 1.82) is 0 Å². The van der Waals surface area contributed by atoms with Crippen molar-refractivity contribution in [3.8, 4) is 21.7 Å². The van der Waals surface area contributed by atoms with Crippen molar-refractivity contribution >= 4 is 38.9 Å². The van der Waals surface area contributed by atoms with E-state index in [1.54, 1.807) is 23.6 Å². The monoisotopic (exact) mass is 429 g/mol. The molecule has 1 heterocycles. The van der Waals surface area contributed by atoms with Gasteiger partial charge in [-0.2, -0.15) is 0 Å². The molecule has 3 aromatic rings. The van der Waals surface area contributed by atoms with Crippen LogP contribution in [0.15, 0.2) is 52.4 Å². The Morgan fingerprint density at radius 1 is 1.19 bits per heavy atom. The zero-order valence-corrected chi connectivity index (χ0v) is 16.9. The molecule has 3 rings (SSSR count). The number of carbonyl (C=O) groups excluding carboxylic acids is 1. The summed E-state index contributed by atoms with van der Waals surface area (Å²) in [4.78, 5) is 16.5. The largest absolute Gasteiger partial charge is 0.385 e.